The highest BCUT2D eigenvalue weighted by atomic mass is 32.2. The lowest BCUT2D eigenvalue weighted by Gasteiger charge is -2.38. The Balaban J connectivity index is 2.00. The number of nitrogens with zero attached hydrogens (tertiary/aromatic N) is 1. The van der Waals surface area contributed by atoms with E-state index in [2.05, 4.69) is 19.2 Å². The average molecular weight is 274 g/mol. The first kappa shape index (κ1) is 14.3. The Morgan fingerprint density at radius 1 is 1.17 bits per heavy atom. The van der Waals surface area contributed by atoms with Gasteiger partial charge in [-0.05, 0) is 45.1 Å². The fourth-order valence-electron chi connectivity index (χ4n) is 3.11. The third-order valence-electron chi connectivity index (χ3n) is 4.50. The van der Waals surface area contributed by atoms with Crippen molar-refractivity contribution in [2.24, 2.45) is 5.92 Å². The molecule has 1 N–H and O–H groups in total. The molecule has 18 heavy (non-hydrogen) atoms. The van der Waals surface area contributed by atoms with Crippen LogP contribution in [-0.2, 0) is 10.0 Å². The standard InChI is InChI=1S/C13H26N2O2S/c1-11-6-5-9-15(12(11)2)18(16,17)10-13-7-3-4-8-14-13/h11-14H,3-10H2,1-2H3. The van der Waals surface area contributed by atoms with Gasteiger partial charge in [0.2, 0.25) is 10.0 Å². The number of sulfonamides is 1. The summed E-state index contributed by atoms with van der Waals surface area (Å²) in [7, 11) is -3.09. The van der Waals surface area contributed by atoms with Crippen LogP contribution < -0.4 is 5.32 Å². The molecule has 0 saturated carbocycles. The van der Waals surface area contributed by atoms with Crippen molar-refractivity contribution < 1.29 is 8.42 Å². The Kier molecular flexibility index (Phi) is 4.67. The molecule has 2 fully saturated rings. The van der Waals surface area contributed by atoms with Crippen molar-refractivity contribution in [3.8, 4) is 0 Å². The number of rotatable bonds is 3. The van der Waals surface area contributed by atoms with Crippen LogP contribution in [0.3, 0.4) is 0 Å². The summed E-state index contributed by atoms with van der Waals surface area (Å²) in [6.45, 7) is 5.88. The molecule has 0 aromatic rings. The number of hydrogen-bond acceptors (Lipinski definition) is 3. The van der Waals surface area contributed by atoms with E-state index >= 15 is 0 Å². The molecule has 0 aromatic carbocycles. The Labute approximate surface area is 111 Å². The molecular weight excluding hydrogens is 248 g/mol. The lowest BCUT2D eigenvalue weighted by molar-refractivity contribution is 0.201. The molecule has 2 rings (SSSR count). The zero-order valence-electron chi connectivity index (χ0n) is 11.6. The van der Waals surface area contributed by atoms with Crippen LogP contribution in [0.4, 0.5) is 0 Å². The third kappa shape index (κ3) is 3.25. The summed E-state index contributed by atoms with van der Waals surface area (Å²) >= 11 is 0. The van der Waals surface area contributed by atoms with E-state index in [1.54, 1.807) is 4.31 Å². The number of nitrogens with one attached hydrogen (secondary N) is 1. The molecule has 2 aliphatic rings. The summed E-state index contributed by atoms with van der Waals surface area (Å²) in [5.41, 5.74) is 0. The maximum atomic E-state index is 12.5. The van der Waals surface area contributed by atoms with Crippen LogP contribution in [0.25, 0.3) is 0 Å². The summed E-state index contributed by atoms with van der Waals surface area (Å²) in [5.74, 6) is 0.761. The highest BCUT2D eigenvalue weighted by Gasteiger charge is 2.34. The van der Waals surface area contributed by atoms with Crippen molar-refractivity contribution in [2.45, 2.75) is 58.0 Å². The van der Waals surface area contributed by atoms with Crippen LogP contribution in [-0.4, -0.2) is 43.6 Å². The Morgan fingerprint density at radius 2 is 1.94 bits per heavy atom. The SMILES string of the molecule is CC1CCCN(S(=O)(=O)CC2CCCCN2)C1C. The van der Waals surface area contributed by atoms with E-state index in [1.165, 1.54) is 6.42 Å². The van der Waals surface area contributed by atoms with Gasteiger partial charge in [0.25, 0.3) is 0 Å². The fraction of sp³-hybridized carbons (Fsp3) is 1.00. The predicted molar refractivity (Wildman–Crippen MR) is 74.0 cm³/mol. The van der Waals surface area contributed by atoms with Gasteiger partial charge in [0.15, 0.2) is 0 Å². The third-order valence-corrected chi connectivity index (χ3v) is 6.55. The second kappa shape index (κ2) is 5.88. The second-order valence-corrected chi connectivity index (χ2v) is 7.86. The summed E-state index contributed by atoms with van der Waals surface area (Å²) in [4.78, 5) is 0. The molecule has 0 aromatic heterocycles. The largest absolute Gasteiger partial charge is 0.313 e. The van der Waals surface area contributed by atoms with Crippen molar-refractivity contribution in [1.82, 2.24) is 9.62 Å². The average Bonchev–Trinajstić information content (AvgIpc) is 2.33. The van der Waals surface area contributed by atoms with Crippen molar-refractivity contribution >= 4 is 10.0 Å². The highest BCUT2D eigenvalue weighted by Crippen LogP contribution is 2.26. The van der Waals surface area contributed by atoms with Gasteiger partial charge in [-0.2, -0.15) is 4.31 Å². The normalized spacial score (nSPS) is 35.6. The van der Waals surface area contributed by atoms with Crippen LogP contribution in [0.2, 0.25) is 0 Å². The van der Waals surface area contributed by atoms with E-state index in [-0.39, 0.29) is 17.8 Å². The van der Waals surface area contributed by atoms with Crippen molar-refractivity contribution in [3.63, 3.8) is 0 Å². The highest BCUT2D eigenvalue weighted by molar-refractivity contribution is 7.89. The van der Waals surface area contributed by atoms with Gasteiger partial charge in [0.1, 0.15) is 0 Å². The molecule has 2 saturated heterocycles. The van der Waals surface area contributed by atoms with E-state index < -0.39 is 10.0 Å². The molecular formula is C13H26N2O2S. The molecule has 0 bridgehead atoms. The van der Waals surface area contributed by atoms with Crippen LogP contribution in [0, 0.1) is 5.92 Å². The number of piperidine rings is 2. The topological polar surface area (TPSA) is 49.4 Å². The van der Waals surface area contributed by atoms with E-state index in [4.69, 9.17) is 0 Å². The Hall–Kier alpha value is -0.130. The van der Waals surface area contributed by atoms with Gasteiger partial charge in [-0.1, -0.05) is 13.3 Å². The molecule has 5 heteroatoms. The van der Waals surface area contributed by atoms with Crippen LogP contribution in [0.15, 0.2) is 0 Å². The van der Waals surface area contributed by atoms with Crippen LogP contribution in [0.5, 0.6) is 0 Å². The van der Waals surface area contributed by atoms with Gasteiger partial charge < -0.3 is 5.32 Å². The lowest BCUT2D eigenvalue weighted by atomic mass is 9.94. The maximum absolute atomic E-state index is 12.5. The van der Waals surface area contributed by atoms with Crippen LogP contribution in [0.1, 0.15) is 46.0 Å². The van der Waals surface area contributed by atoms with Gasteiger partial charge in [-0.15, -0.1) is 0 Å². The van der Waals surface area contributed by atoms with Gasteiger partial charge in [0, 0.05) is 18.6 Å². The molecule has 4 nitrogen and oxygen atoms in total. The van der Waals surface area contributed by atoms with Crippen molar-refractivity contribution in [3.05, 3.63) is 0 Å². The lowest BCUT2D eigenvalue weighted by Crippen LogP contribution is -2.50. The van der Waals surface area contributed by atoms with Gasteiger partial charge in [-0.3, -0.25) is 0 Å². The summed E-state index contributed by atoms with van der Waals surface area (Å²) < 4.78 is 26.7. The summed E-state index contributed by atoms with van der Waals surface area (Å²) in [5, 5.41) is 3.33. The maximum Gasteiger partial charge on any atom is 0.215 e. The molecule has 0 radical (unpaired) electrons. The Morgan fingerprint density at radius 3 is 2.61 bits per heavy atom. The van der Waals surface area contributed by atoms with E-state index in [1.807, 2.05) is 0 Å². The molecule has 3 atom stereocenters. The van der Waals surface area contributed by atoms with E-state index in [9.17, 15) is 8.42 Å². The first-order chi connectivity index (χ1) is 8.50. The molecule has 2 aliphatic heterocycles. The van der Waals surface area contributed by atoms with Gasteiger partial charge in [-0.25, -0.2) is 8.42 Å². The minimum Gasteiger partial charge on any atom is -0.313 e. The molecule has 3 unspecified atom stereocenters. The minimum atomic E-state index is -3.09. The summed E-state index contributed by atoms with van der Waals surface area (Å²) in [6, 6.07) is 0.320. The van der Waals surface area contributed by atoms with E-state index in [0.29, 0.717) is 12.5 Å². The quantitative estimate of drug-likeness (QED) is 0.850. The molecule has 106 valence electrons. The predicted octanol–water partition coefficient (Wildman–Crippen LogP) is 1.58. The smallest absolute Gasteiger partial charge is 0.215 e. The first-order valence-corrected chi connectivity index (χ1v) is 8.84. The fourth-order valence-corrected chi connectivity index (χ4v) is 5.21. The zero-order chi connectivity index (χ0) is 13.2. The molecule has 0 amide bonds. The molecule has 0 aliphatic carbocycles. The minimum absolute atomic E-state index is 0.160. The van der Waals surface area contributed by atoms with Gasteiger partial charge >= 0.3 is 0 Å². The van der Waals surface area contributed by atoms with Gasteiger partial charge in [0.05, 0.1) is 5.75 Å². The summed E-state index contributed by atoms with van der Waals surface area (Å²) in [6.07, 6.45) is 5.47. The van der Waals surface area contributed by atoms with Crippen molar-refractivity contribution in [2.75, 3.05) is 18.8 Å². The van der Waals surface area contributed by atoms with E-state index in [0.717, 1.165) is 32.2 Å². The molecule has 0 spiro atoms. The second-order valence-electron chi connectivity index (χ2n) is 5.90. The Bertz CT molecular complexity index is 363. The molecule has 2 heterocycles. The van der Waals surface area contributed by atoms with Crippen LogP contribution >= 0.6 is 0 Å². The first-order valence-electron chi connectivity index (χ1n) is 7.23. The number of hydrogen-bond donors (Lipinski definition) is 1. The zero-order valence-corrected chi connectivity index (χ0v) is 12.4. The van der Waals surface area contributed by atoms with Crippen molar-refractivity contribution in [1.29, 1.82) is 0 Å². The monoisotopic (exact) mass is 274 g/mol.